The minimum absolute atomic E-state index is 0.472. The molecule has 0 radical (unpaired) electrons. The summed E-state index contributed by atoms with van der Waals surface area (Å²) in [5.41, 5.74) is 8.00. The first-order chi connectivity index (χ1) is 9.90. The fourth-order valence-corrected chi connectivity index (χ4v) is 2.42. The summed E-state index contributed by atoms with van der Waals surface area (Å²) in [6.07, 6.45) is 3.48. The molecule has 6 heteroatoms. The second kappa shape index (κ2) is 6.09. The average Bonchev–Trinajstić information content (AvgIpc) is 2.45. The quantitative estimate of drug-likeness (QED) is 0.594. The van der Waals surface area contributed by atoms with Gasteiger partial charge in [0.15, 0.2) is 0 Å². The van der Waals surface area contributed by atoms with Crippen molar-refractivity contribution in [2.75, 3.05) is 0 Å². The number of hydrogen-bond acceptors (Lipinski definition) is 4. The maximum absolute atomic E-state index is 11.1. The summed E-state index contributed by atoms with van der Waals surface area (Å²) in [7, 11) is -4.45. The third-order valence-corrected chi connectivity index (χ3v) is 3.83. The molecule has 0 aliphatic rings. The molecular weight excluding hydrogens is 290 g/mol. The zero-order valence-electron chi connectivity index (χ0n) is 11.1. The number of phenolic OH excluding ortho intramolecular Hbond substituents is 1. The fraction of sp³-hybridized carbons (Fsp3) is 0.0667. The first-order valence-corrected chi connectivity index (χ1v) is 7.62. The zero-order valence-corrected chi connectivity index (χ0v) is 11.9. The van der Waals surface area contributed by atoms with Crippen molar-refractivity contribution in [3.8, 4) is 5.75 Å². The predicted octanol–water partition coefficient (Wildman–Crippen LogP) is 2.27. The smallest absolute Gasteiger partial charge is 0.298 e. The van der Waals surface area contributed by atoms with Crippen molar-refractivity contribution < 1.29 is 18.1 Å². The summed E-state index contributed by atoms with van der Waals surface area (Å²) in [6, 6.07) is 11.6. The predicted molar refractivity (Wildman–Crippen MR) is 81.2 cm³/mol. The lowest BCUT2D eigenvalue weighted by Gasteiger charge is -2.02. The lowest BCUT2D eigenvalue weighted by atomic mass is 10.1. The average molecular weight is 305 g/mol. The van der Waals surface area contributed by atoms with Gasteiger partial charge in [-0.15, -0.1) is 0 Å². The third-order valence-electron chi connectivity index (χ3n) is 2.95. The Balaban J connectivity index is 2.28. The highest BCUT2D eigenvalue weighted by Crippen LogP contribution is 2.24. The first kappa shape index (κ1) is 15.2. The van der Waals surface area contributed by atoms with E-state index in [1.807, 2.05) is 24.3 Å². The summed E-state index contributed by atoms with van der Waals surface area (Å²) in [4.78, 5) is -0.511. The maximum atomic E-state index is 11.1. The van der Waals surface area contributed by atoms with Crippen LogP contribution in [0.2, 0.25) is 0 Å². The summed E-state index contributed by atoms with van der Waals surface area (Å²) < 4.78 is 31.2. The zero-order chi connectivity index (χ0) is 15.5. The summed E-state index contributed by atoms with van der Waals surface area (Å²) in [5, 5.41) is 9.44. The lowest BCUT2D eigenvalue weighted by Crippen LogP contribution is -1.98. The van der Waals surface area contributed by atoms with E-state index >= 15 is 0 Å². The van der Waals surface area contributed by atoms with E-state index in [4.69, 9.17) is 10.3 Å². The lowest BCUT2D eigenvalue weighted by molar-refractivity contribution is 0.443. The van der Waals surface area contributed by atoms with E-state index in [1.54, 1.807) is 18.2 Å². The minimum Gasteiger partial charge on any atom is -0.506 e. The van der Waals surface area contributed by atoms with Gasteiger partial charge in [0, 0.05) is 6.54 Å². The van der Waals surface area contributed by atoms with Gasteiger partial charge in [0.2, 0.25) is 0 Å². The van der Waals surface area contributed by atoms with Gasteiger partial charge >= 0.3 is 0 Å². The van der Waals surface area contributed by atoms with Crippen molar-refractivity contribution in [2.24, 2.45) is 5.73 Å². The molecule has 4 N–H and O–H groups in total. The Bertz CT molecular complexity index is 765. The van der Waals surface area contributed by atoms with Crippen molar-refractivity contribution in [1.29, 1.82) is 0 Å². The number of rotatable bonds is 4. The van der Waals surface area contributed by atoms with Crippen molar-refractivity contribution >= 4 is 22.3 Å². The van der Waals surface area contributed by atoms with E-state index in [1.165, 1.54) is 12.1 Å². The van der Waals surface area contributed by atoms with Crippen LogP contribution in [-0.2, 0) is 16.7 Å². The van der Waals surface area contributed by atoms with Crippen LogP contribution < -0.4 is 5.73 Å². The monoisotopic (exact) mass is 305 g/mol. The highest BCUT2D eigenvalue weighted by atomic mass is 32.2. The Morgan fingerprint density at radius 1 is 1.00 bits per heavy atom. The van der Waals surface area contributed by atoms with Gasteiger partial charge in [-0.1, -0.05) is 42.5 Å². The largest absolute Gasteiger partial charge is 0.506 e. The van der Waals surface area contributed by atoms with Gasteiger partial charge in [0.1, 0.15) is 10.6 Å². The molecule has 0 aliphatic heterocycles. The molecule has 110 valence electrons. The van der Waals surface area contributed by atoms with Gasteiger partial charge in [-0.3, -0.25) is 4.55 Å². The van der Waals surface area contributed by atoms with Gasteiger partial charge in [-0.2, -0.15) is 8.42 Å². The first-order valence-electron chi connectivity index (χ1n) is 6.18. The van der Waals surface area contributed by atoms with Gasteiger partial charge in [0.25, 0.3) is 10.1 Å². The van der Waals surface area contributed by atoms with Crippen molar-refractivity contribution in [1.82, 2.24) is 0 Å². The summed E-state index contributed by atoms with van der Waals surface area (Å²) in [6.45, 7) is 0.472. The normalized spacial score (nSPS) is 11.9. The Hall–Kier alpha value is -2.15. The van der Waals surface area contributed by atoms with Crippen LogP contribution in [0.5, 0.6) is 5.75 Å². The number of hydrogen-bond donors (Lipinski definition) is 3. The van der Waals surface area contributed by atoms with Crippen LogP contribution in [0.1, 0.15) is 16.7 Å². The molecule has 21 heavy (non-hydrogen) atoms. The molecule has 0 saturated heterocycles. The van der Waals surface area contributed by atoms with Crippen LogP contribution in [0.3, 0.4) is 0 Å². The van der Waals surface area contributed by atoms with Gasteiger partial charge < -0.3 is 10.8 Å². The van der Waals surface area contributed by atoms with E-state index in [9.17, 15) is 13.5 Å². The molecule has 0 bridgehead atoms. The number of benzene rings is 2. The standard InChI is InChI=1S/C15H15NO4S/c16-10-13-5-2-11(3-6-13)1-4-12-7-8-14(17)15(9-12)21(18,19)20/h1-9,17H,10,16H2,(H,18,19,20)/b4-1+. The second-order valence-electron chi connectivity index (χ2n) is 4.48. The second-order valence-corrected chi connectivity index (χ2v) is 5.87. The van der Waals surface area contributed by atoms with Crippen LogP contribution in [0.25, 0.3) is 12.2 Å². The highest BCUT2D eigenvalue weighted by Gasteiger charge is 2.15. The maximum Gasteiger partial charge on any atom is 0.298 e. The molecule has 2 rings (SSSR count). The molecular formula is C15H15NO4S. The number of phenols is 1. The van der Waals surface area contributed by atoms with Crippen molar-refractivity contribution in [3.05, 3.63) is 59.2 Å². The van der Waals surface area contributed by atoms with Gasteiger partial charge in [-0.05, 0) is 28.8 Å². The molecule has 0 fully saturated rings. The van der Waals surface area contributed by atoms with Gasteiger partial charge in [0.05, 0.1) is 0 Å². The third kappa shape index (κ3) is 3.91. The Morgan fingerprint density at radius 3 is 2.14 bits per heavy atom. The highest BCUT2D eigenvalue weighted by molar-refractivity contribution is 7.86. The van der Waals surface area contributed by atoms with Crippen LogP contribution in [0, 0.1) is 0 Å². The van der Waals surface area contributed by atoms with E-state index in [0.717, 1.165) is 11.1 Å². The summed E-state index contributed by atoms with van der Waals surface area (Å²) in [5.74, 6) is -0.484. The van der Waals surface area contributed by atoms with Crippen LogP contribution in [-0.4, -0.2) is 18.1 Å². The molecule has 0 heterocycles. The molecule has 2 aromatic carbocycles. The van der Waals surface area contributed by atoms with Crippen molar-refractivity contribution in [3.63, 3.8) is 0 Å². The number of nitrogens with two attached hydrogens (primary N) is 1. The van der Waals surface area contributed by atoms with Crippen molar-refractivity contribution in [2.45, 2.75) is 11.4 Å². The molecule has 0 spiro atoms. The van der Waals surface area contributed by atoms with E-state index < -0.39 is 20.8 Å². The molecule has 0 amide bonds. The molecule has 2 aromatic rings. The van der Waals surface area contributed by atoms with Gasteiger partial charge in [-0.25, -0.2) is 0 Å². The van der Waals surface area contributed by atoms with Crippen LogP contribution in [0.4, 0.5) is 0 Å². The Morgan fingerprint density at radius 2 is 1.57 bits per heavy atom. The molecule has 5 nitrogen and oxygen atoms in total. The Kier molecular flexibility index (Phi) is 4.42. The van der Waals surface area contributed by atoms with E-state index in [0.29, 0.717) is 12.1 Å². The molecule has 0 unspecified atom stereocenters. The topological polar surface area (TPSA) is 101 Å². The molecule has 0 aromatic heterocycles. The molecule has 0 aliphatic carbocycles. The Labute approximate surface area is 123 Å². The van der Waals surface area contributed by atoms with Crippen LogP contribution >= 0.6 is 0 Å². The van der Waals surface area contributed by atoms with E-state index in [-0.39, 0.29) is 0 Å². The minimum atomic E-state index is -4.45. The molecule has 0 saturated carbocycles. The van der Waals surface area contributed by atoms with Crippen LogP contribution in [0.15, 0.2) is 47.4 Å². The molecule has 0 atom stereocenters. The summed E-state index contributed by atoms with van der Waals surface area (Å²) >= 11 is 0. The fourth-order valence-electron chi connectivity index (χ4n) is 1.80. The van der Waals surface area contributed by atoms with E-state index in [2.05, 4.69) is 0 Å². The number of aromatic hydroxyl groups is 1. The SMILES string of the molecule is NCc1ccc(/C=C/c2ccc(O)c(S(=O)(=O)O)c2)cc1.